The number of hydrogen-bond donors (Lipinski definition) is 1. The molecule has 0 amide bonds. The van der Waals surface area contributed by atoms with Gasteiger partial charge in [-0.25, -0.2) is 8.78 Å². The Labute approximate surface area is 93.5 Å². The molecule has 0 unspecified atom stereocenters. The van der Waals surface area contributed by atoms with E-state index in [4.69, 9.17) is 5.73 Å². The van der Waals surface area contributed by atoms with Crippen molar-refractivity contribution in [2.45, 2.75) is 32.2 Å². The fourth-order valence-corrected chi connectivity index (χ4v) is 1.51. The highest BCUT2D eigenvalue weighted by atomic mass is 19.1. The summed E-state index contributed by atoms with van der Waals surface area (Å²) < 4.78 is 25.7. The van der Waals surface area contributed by atoms with Crippen LogP contribution in [0.1, 0.15) is 25.8 Å². The molecule has 1 rings (SSSR count). The molecule has 0 radical (unpaired) electrons. The van der Waals surface area contributed by atoms with Crippen LogP contribution in [-0.2, 0) is 11.2 Å². The zero-order valence-electron chi connectivity index (χ0n) is 9.39. The van der Waals surface area contributed by atoms with E-state index in [0.29, 0.717) is 5.56 Å². The molecule has 2 nitrogen and oxygen atoms in total. The molecule has 0 atom stereocenters. The van der Waals surface area contributed by atoms with Crippen LogP contribution in [0.3, 0.4) is 0 Å². The molecule has 2 N–H and O–H groups in total. The van der Waals surface area contributed by atoms with Crippen LogP contribution >= 0.6 is 0 Å². The Morgan fingerprint density at radius 2 is 1.75 bits per heavy atom. The predicted octanol–water partition coefficient (Wildman–Crippen LogP) is 2.20. The summed E-state index contributed by atoms with van der Waals surface area (Å²) in [4.78, 5) is 11.5. The Balaban J connectivity index is 2.70. The number of hydrogen-bond acceptors (Lipinski definition) is 2. The molecule has 0 aliphatic heterocycles. The van der Waals surface area contributed by atoms with Crippen molar-refractivity contribution >= 4 is 5.78 Å². The molecular weight excluding hydrogens is 212 g/mol. The highest BCUT2D eigenvalue weighted by Crippen LogP contribution is 2.12. The third-order valence-electron chi connectivity index (χ3n) is 1.98. The van der Waals surface area contributed by atoms with Gasteiger partial charge in [-0.3, -0.25) is 4.79 Å². The van der Waals surface area contributed by atoms with E-state index in [1.807, 2.05) is 0 Å². The number of rotatable bonds is 4. The number of ketones is 1. The van der Waals surface area contributed by atoms with E-state index >= 15 is 0 Å². The maximum absolute atomic E-state index is 12.8. The van der Waals surface area contributed by atoms with Gasteiger partial charge in [-0.2, -0.15) is 0 Å². The molecule has 0 spiro atoms. The molecule has 0 saturated carbocycles. The van der Waals surface area contributed by atoms with Crippen LogP contribution in [0.2, 0.25) is 0 Å². The third kappa shape index (κ3) is 4.49. The zero-order chi connectivity index (χ0) is 12.3. The molecule has 0 aromatic heterocycles. The topological polar surface area (TPSA) is 43.1 Å². The zero-order valence-corrected chi connectivity index (χ0v) is 9.39. The fourth-order valence-electron chi connectivity index (χ4n) is 1.51. The van der Waals surface area contributed by atoms with E-state index in [1.54, 1.807) is 13.8 Å². The number of halogens is 2. The molecular formula is C12H15F2NO. The lowest BCUT2D eigenvalue weighted by molar-refractivity contribution is -0.119. The molecule has 0 bridgehead atoms. The number of carbonyl (C=O) groups is 1. The Morgan fingerprint density at radius 3 is 2.19 bits per heavy atom. The molecule has 88 valence electrons. The number of Topliss-reactive ketones (excluding diaryl/α,β-unsaturated/α-hetero) is 1. The number of benzene rings is 1. The lowest BCUT2D eigenvalue weighted by Crippen LogP contribution is -2.35. The van der Waals surface area contributed by atoms with Crippen molar-refractivity contribution < 1.29 is 13.6 Å². The van der Waals surface area contributed by atoms with E-state index in [1.165, 1.54) is 0 Å². The molecule has 1 aromatic carbocycles. The average Bonchev–Trinajstić information content (AvgIpc) is 1.96. The summed E-state index contributed by atoms with van der Waals surface area (Å²) in [6, 6.07) is 3.09. The minimum atomic E-state index is -0.671. The summed E-state index contributed by atoms with van der Waals surface area (Å²) in [5.74, 6) is -1.47. The van der Waals surface area contributed by atoms with Gasteiger partial charge in [0.25, 0.3) is 0 Å². The molecule has 0 aliphatic rings. The first-order valence-electron chi connectivity index (χ1n) is 5.02. The molecule has 0 heterocycles. The maximum atomic E-state index is 12.8. The summed E-state index contributed by atoms with van der Waals surface area (Å²) in [6.45, 7) is 3.47. The van der Waals surface area contributed by atoms with Gasteiger partial charge in [0.1, 0.15) is 17.4 Å². The second-order valence-electron chi connectivity index (χ2n) is 4.66. The van der Waals surface area contributed by atoms with Gasteiger partial charge in [-0.1, -0.05) is 0 Å². The molecule has 0 aliphatic carbocycles. The lowest BCUT2D eigenvalue weighted by atomic mass is 9.95. The van der Waals surface area contributed by atoms with Gasteiger partial charge in [0, 0.05) is 24.4 Å². The molecule has 0 saturated heterocycles. The standard InChI is InChI=1S/C12H15F2NO/c1-12(2,15)7-11(16)5-8-3-9(13)6-10(14)4-8/h3-4,6H,5,7,15H2,1-2H3. The Hall–Kier alpha value is -1.29. The molecule has 4 heteroatoms. The van der Waals surface area contributed by atoms with Crippen molar-refractivity contribution in [2.75, 3.05) is 0 Å². The van der Waals surface area contributed by atoms with E-state index < -0.39 is 17.2 Å². The summed E-state index contributed by atoms with van der Waals surface area (Å²) in [5.41, 5.74) is 5.43. The summed E-state index contributed by atoms with van der Waals surface area (Å²) >= 11 is 0. The van der Waals surface area contributed by atoms with Crippen LogP contribution in [0.15, 0.2) is 18.2 Å². The van der Waals surface area contributed by atoms with Crippen LogP contribution in [0, 0.1) is 11.6 Å². The van der Waals surface area contributed by atoms with Crippen molar-refractivity contribution in [2.24, 2.45) is 5.73 Å². The Kier molecular flexibility index (Phi) is 3.75. The van der Waals surface area contributed by atoms with Gasteiger partial charge in [0.2, 0.25) is 0 Å². The maximum Gasteiger partial charge on any atom is 0.139 e. The van der Waals surface area contributed by atoms with E-state index in [2.05, 4.69) is 0 Å². The largest absolute Gasteiger partial charge is 0.325 e. The minimum Gasteiger partial charge on any atom is -0.325 e. The summed E-state index contributed by atoms with van der Waals surface area (Å²) in [6.07, 6.45) is 0.195. The molecule has 1 aromatic rings. The number of carbonyl (C=O) groups excluding carboxylic acids is 1. The van der Waals surface area contributed by atoms with Crippen LogP contribution in [0.5, 0.6) is 0 Å². The third-order valence-corrected chi connectivity index (χ3v) is 1.98. The SMILES string of the molecule is CC(C)(N)CC(=O)Cc1cc(F)cc(F)c1. The van der Waals surface area contributed by atoms with E-state index in [0.717, 1.165) is 18.2 Å². The molecule has 16 heavy (non-hydrogen) atoms. The lowest BCUT2D eigenvalue weighted by Gasteiger charge is -2.16. The van der Waals surface area contributed by atoms with Gasteiger partial charge >= 0.3 is 0 Å². The van der Waals surface area contributed by atoms with E-state index in [9.17, 15) is 13.6 Å². The second-order valence-corrected chi connectivity index (χ2v) is 4.66. The van der Waals surface area contributed by atoms with Crippen molar-refractivity contribution in [3.05, 3.63) is 35.4 Å². The molecule has 0 fully saturated rings. The quantitative estimate of drug-likeness (QED) is 0.856. The van der Waals surface area contributed by atoms with Crippen molar-refractivity contribution in [1.82, 2.24) is 0 Å². The first kappa shape index (κ1) is 12.8. The van der Waals surface area contributed by atoms with Crippen LogP contribution in [0.25, 0.3) is 0 Å². The van der Waals surface area contributed by atoms with Gasteiger partial charge in [0.15, 0.2) is 0 Å². The fraction of sp³-hybridized carbons (Fsp3) is 0.417. The normalized spacial score (nSPS) is 11.6. The smallest absolute Gasteiger partial charge is 0.139 e. The number of nitrogens with two attached hydrogens (primary N) is 1. The Morgan fingerprint density at radius 1 is 1.25 bits per heavy atom. The van der Waals surface area contributed by atoms with Crippen LogP contribution < -0.4 is 5.73 Å². The highest BCUT2D eigenvalue weighted by molar-refractivity contribution is 5.81. The second kappa shape index (κ2) is 4.70. The van der Waals surface area contributed by atoms with Gasteiger partial charge in [-0.05, 0) is 31.5 Å². The summed E-state index contributed by atoms with van der Waals surface area (Å²) in [7, 11) is 0. The van der Waals surface area contributed by atoms with Crippen LogP contribution in [0.4, 0.5) is 8.78 Å². The average molecular weight is 227 g/mol. The van der Waals surface area contributed by atoms with Crippen molar-refractivity contribution in [3.8, 4) is 0 Å². The van der Waals surface area contributed by atoms with Crippen molar-refractivity contribution in [3.63, 3.8) is 0 Å². The predicted molar refractivity (Wildman–Crippen MR) is 58.0 cm³/mol. The monoisotopic (exact) mass is 227 g/mol. The van der Waals surface area contributed by atoms with Gasteiger partial charge < -0.3 is 5.73 Å². The minimum absolute atomic E-state index is 0.00924. The van der Waals surface area contributed by atoms with Crippen LogP contribution in [-0.4, -0.2) is 11.3 Å². The van der Waals surface area contributed by atoms with Gasteiger partial charge in [0.05, 0.1) is 0 Å². The van der Waals surface area contributed by atoms with Gasteiger partial charge in [-0.15, -0.1) is 0 Å². The first-order valence-corrected chi connectivity index (χ1v) is 5.02. The summed E-state index contributed by atoms with van der Waals surface area (Å²) in [5, 5.41) is 0. The first-order chi connectivity index (χ1) is 7.26. The Bertz CT molecular complexity index is 376. The van der Waals surface area contributed by atoms with Crippen molar-refractivity contribution in [1.29, 1.82) is 0 Å². The highest BCUT2D eigenvalue weighted by Gasteiger charge is 2.16. The van der Waals surface area contributed by atoms with E-state index in [-0.39, 0.29) is 18.6 Å².